The number of anilines is 1. The molecule has 7 nitrogen and oxygen atoms in total. The standard InChI is InChI=1S/C19H19ClFN3O4S2/c1-3-24(4-2)30(27,28)18-12-13(7-8-15(18)20)23-29(25,26)17-10-9-16(21)19-14(17)6-5-11-22-19/h5-12,23H,3-4H2,1-2H3. The van der Waals surface area contributed by atoms with E-state index in [0.717, 1.165) is 18.2 Å². The van der Waals surface area contributed by atoms with Gasteiger partial charge >= 0.3 is 0 Å². The molecule has 0 aliphatic heterocycles. The number of rotatable bonds is 7. The number of halogens is 2. The molecule has 0 radical (unpaired) electrons. The molecule has 30 heavy (non-hydrogen) atoms. The Balaban J connectivity index is 2.07. The van der Waals surface area contributed by atoms with Crippen LogP contribution in [-0.2, 0) is 20.0 Å². The summed E-state index contributed by atoms with van der Waals surface area (Å²) in [6.07, 6.45) is 1.36. The minimum absolute atomic E-state index is 0.00602. The monoisotopic (exact) mass is 471 g/mol. The fraction of sp³-hybridized carbons (Fsp3) is 0.211. The average molecular weight is 472 g/mol. The predicted octanol–water partition coefficient (Wildman–Crippen LogP) is 3.86. The average Bonchev–Trinajstić information content (AvgIpc) is 2.70. The minimum atomic E-state index is -4.17. The van der Waals surface area contributed by atoms with Crippen molar-refractivity contribution < 1.29 is 21.2 Å². The van der Waals surface area contributed by atoms with E-state index >= 15 is 0 Å². The number of aromatic nitrogens is 1. The summed E-state index contributed by atoms with van der Waals surface area (Å²) in [5.41, 5.74) is -0.0761. The smallest absolute Gasteiger partial charge is 0.262 e. The van der Waals surface area contributed by atoms with Gasteiger partial charge in [-0.3, -0.25) is 9.71 Å². The number of hydrogen-bond donors (Lipinski definition) is 1. The first-order valence-electron chi connectivity index (χ1n) is 8.97. The van der Waals surface area contributed by atoms with Crippen LogP contribution < -0.4 is 4.72 Å². The molecule has 0 saturated heterocycles. The second-order valence-electron chi connectivity index (χ2n) is 6.29. The number of hydrogen-bond acceptors (Lipinski definition) is 5. The number of sulfonamides is 2. The van der Waals surface area contributed by atoms with Crippen LogP contribution in [0.1, 0.15) is 13.8 Å². The summed E-state index contributed by atoms with van der Waals surface area (Å²) in [5, 5.41) is 0.0798. The summed E-state index contributed by atoms with van der Waals surface area (Å²) >= 11 is 6.09. The van der Waals surface area contributed by atoms with E-state index in [1.54, 1.807) is 13.8 Å². The van der Waals surface area contributed by atoms with E-state index in [1.807, 2.05) is 0 Å². The van der Waals surface area contributed by atoms with Crippen molar-refractivity contribution in [2.45, 2.75) is 23.6 Å². The normalized spacial score (nSPS) is 12.4. The van der Waals surface area contributed by atoms with Crippen molar-refractivity contribution in [1.29, 1.82) is 0 Å². The van der Waals surface area contributed by atoms with Crippen molar-refractivity contribution in [2.24, 2.45) is 0 Å². The molecule has 11 heteroatoms. The predicted molar refractivity (Wildman–Crippen MR) is 114 cm³/mol. The maximum Gasteiger partial charge on any atom is 0.262 e. The molecule has 160 valence electrons. The van der Waals surface area contributed by atoms with Crippen molar-refractivity contribution in [3.05, 3.63) is 59.5 Å². The van der Waals surface area contributed by atoms with E-state index in [-0.39, 0.29) is 44.5 Å². The van der Waals surface area contributed by atoms with Gasteiger partial charge in [0.05, 0.1) is 15.6 Å². The quantitative estimate of drug-likeness (QED) is 0.564. The second-order valence-corrected chi connectivity index (χ2v) is 10.2. The number of nitrogens with zero attached hydrogens (tertiary/aromatic N) is 2. The minimum Gasteiger partial charge on any atom is -0.280 e. The Hall–Kier alpha value is -2.27. The van der Waals surface area contributed by atoms with Crippen molar-refractivity contribution in [1.82, 2.24) is 9.29 Å². The first-order chi connectivity index (χ1) is 14.1. The number of nitrogens with one attached hydrogen (secondary N) is 1. The largest absolute Gasteiger partial charge is 0.280 e. The molecule has 0 fully saturated rings. The first kappa shape index (κ1) is 22.4. The molecule has 0 amide bonds. The molecule has 0 unspecified atom stereocenters. The van der Waals surface area contributed by atoms with Crippen LogP contribution in [-0.4, -0.2) is 39.2 Å². The van der Waals surface area contributed by atoms with Gasteiger partial charge in [0.1, 0.15) is 16.2 Å². The van der Waals surface area contributed by atoms with E-state index in [1.165, 1.54) is 34.8 Å². The van der Waals surface area contributed by atoms with Gasteiger partial charge in [-0.1, -0.05) is 25.4 Å². The van der Waals surface area contributed by atoms with Crippen molar-refractivity contribution in [3.8, 4) is 0 Å². The number of pyridine rings is 1. The zero-order valence-corrected chi connectivity index (χ0v) is 18.5. The van der Waals surface area contributed by atoms with Gasteiger partial charge in [0, 0.05) is 24.7 Å². The number of benzene rings is 2. The highest BCUT2D eigenvalue weighted by Crippen LogP contribution is 2.30. The van der Waals surface area contributed by atoms with Crippen molar-refractivity contribution in [3.63, 3.8) is 0 Å². The summed E-state index contributed by atoms with van der Waals surface area (Å²) in [6, 6.07) is 8.91. The van der Waals surface area contributed by atoms with E-state index in [9.17, 15) is 21.2 Å². The van der Waals surface area contributed by atoms with E-state index < -0.39 is 25.9 Å². The molecule has 1 heterocycles. The SMILES string of the molecule is CCN(CC)S(=O)(=O)c1cc(NS(=O)(=O)c2ccc(F)c3ncccc23)ccc1Cl. The maximum absolute atomic E-state index is 14.0. The van der Waals surface area contributed by atoms with Crippen LogP contribution in [0.5, 0.6) is 0 Å². The van der Waals surface area contributed by atoms with Crippen LogP contribution in [0.15, 0.2) is 58.5 Å². The first-order valence-corrected chi connectivity index (χ1v) is 12.3. The summed E-state index contributed by atoms with van der Waals surface area (Å²) in [4.78, 5) is 3.49. The van der Waals surface area contributed by atoms with Gasteiger partial charge in [-0.25, -0.2) is 21.2 Å². The lowest BCUT2D eigenvalue weighted by atomic mass is 10.2. The van der Waals surface area contributed by atoms with Gasteiger partial charge < -0.3 is 0 Å². The molecule has 0 bridgehead atoms. The molecule has 2 aromatic carbocycles. The molecule has 0 atom stereocenters. The highest BCUT2D eigenvalue weighted by Gasteiger charge is 2.26. The molecular formula is C19H19ClFN3O4S2. The second kappa shape index (κ2) is 8.46. The van der Waals surface area contributed by atoms with E-state index in [0.29, 0.717) is 0 Å². The number of fused-ring (bicyclic) bond motifs is 1. The van der Waals surface area contributed by atoms with Gasteiger partial charge in [-0.05, 0) is 42.5 Å². The van der Waals surface area contributed by atoms with Crippen LogP contribution in [0.3, 0.4) is 0 Å². The molecule has 0 saturated carbocycles. The molecule has 0 aliphatic rings. The zero-order chi connectivity index (χ0) is 22.1. The van der Waals surface area contributed by atoms with Crippen LogP contribution in [0.4, 0.5) is 10.1 Å². The third kappa shape index (κ3) is 4.13. The highest BCUT2D eigenvalue weighted by molar-refractivity contribution is 7.93. The molecular weight excluding hydrogens is 453 g/mol. The molecule has 0 aliphatic carbocycles. The van der Waals surface area contributed by atoms with Crippen LogP contribution >= 0.6 is 11.6 Å². The van der Waals surface area contributed by atoms with Crippen molar-refractivity contribution in [2.75, 3.05) is 17.8 Å². The zero-order valence-electron chi connectivity index (χ0n) is 16.1. The highest BCUT2D eigenvalue weighted by atomic mass is 35.5. The lowest BCUT2D eigenvalue weighted by Gasteiger charge is -2.20. The van der Waals surface area contributed by atoms with Crippen LogP contribution in [0, 0.1) is 5.82 Å². The Morgan fingerprint density at radius 3 is 2.40 bits per heavy atom. The molecule has 3 rings (SSSR count). The summed E-state index contributed by atoms with van der Waals surface area (Å²) < 4.78 is 69.1. The van der Waals surface area contributed by atoms with Crippen molar-refractivity contribution >= 4 is 48.2 Å². The van der Waals surface area contributed by atoms with E-state index in [4.69, 9.17) is 11.6 Å². The maximum atomic E-state index is 14.0. The third-order valence-corrected chi connectivity index (χ3v) is 8.45. The van der Waals surface area contributed by atoms with Gasteiger partial charge in [-0.2, -0.15) is 4.31 Å². The van der Waals surface area contributed by atoms with E-state index in [2.05, 4.69) is 9.71 Å². The topological polar surface area (TPSA) is 96.4 Å². The van der Waals surface area contributed by atoms with Gasteiger partial charge in [0.2, 0.25) is 10.0 Å². The van der Waals surface area contributed by atoms with Gasteiger partial charge in [0.15, 0.2) is 0 Å². The Morgan fingerprint density at radius 1 is 1.03 bits per heavy atom. The fourth-order valence-electron chi connectivity index (χ4n) is 3.02. The molecule has 3 aromatic rings. The Labute approximate surface area is 179 Å². The lowest BCUT2D eigenvalue weighted by Crippen LogP contribution is -2.30. The molecule has 0 spiro atoms. The van der Waals surface area contributed by atoms with Gasteiger partial charge in [0.25, 0.3) is 10.0 Å². The Kier molecular flexibility index (Phi) is 6.32. The summed E-state index contributed by atoms with van der Waals surface area (Å²) in [7, 11) is -8.08. The summed E-state index contributed by atoms with van der Waals surface area (Å²) in [5.74, 6) is -0.649. The molecule has 1 N–H and O–H groups in total. The third-order valence-electron chi connectivity index (χ3n) is 4.48. The lowest BCUT2D eigenvalue weighted by molar-refractivity contribution is 0.445. The fourth-order valence-corrected chi connectivity index (χ4v) is 6.23. The summed E-state index contributed by atoms with van der Waals surface area (Å²) in [6.45, 7) is 3.85. The van der Waals surface area contributed by atoms with Crippen LogP contribution in [0.2, 0.25) is 5.02 Å². The Bertz CT molecular complexity index is 1310. The Morgan fingerprint density at radius 2 is 1.73 bits per heavy atom. The van der Waals surface area contributed by atoms with Gasteiger partial charge in [-0.15, -0.1) is 0 Å². The van der Waals surface area contributed by atoms with Crippen LogP contribution in [0.25, 0.3) is 10.9 Å². The molecule has 1 aromatic heterocycles.